The van der Waals surface area contributed by atoms with E-state index in [0.29, 0.717) is 17.6 Å². The Labute approximate surface area is 153 Å². The summed E-state index contributed by atoms with van der Waals surface area (Å²) < 4.78 is 5.18. The third kappa shape index (κ3) is 4.16. The van der Waals surface area contributed by atoms with Crippen LogP contribution in [0, 0.1) is 0 Å². The predicted molar refractivity (Wildman–Crippen MR) is 101 cm³/mol. The van der Waals surface area contributed by atoms with Crippen molar-refractivity contribution in [3.8, 4) is 11.5 Å². The summed E-state index contributed by atoms with van der Waals surface area (Å²) in [6.45, 7) is 2.70. The van der Waals surface area contributed by atoms with E-state index < -0.39 is 0 Å². The van der Waals surface area contributed by atoms with E-state index in [9.17, 15) is 9.90 Å². The van der Waals surface area contributed by atoms with Crippen LogP contribution in [-0.2, 0) is 6.54 Å². The monoisotopic (exact) mass is 358 g/mol. The van der Waals surface area contributed by atoms with E-state index >= 15 is 0 Å². The van der Waals surface area contributed by atoms with Crippen LogP contribution in [0.2, 0.25) is 0 Å². The number of aromatic nitrogens is 2. The zero-order chi connectivity index (χ0) is 18.7. The van der Waals surface area contributed by atoms with Gasteiger partial charge in [-0.05, 0) is 43.6 Å². The third-order valence-corrected chi connectivity index (χ3v) is 4.83. The van der Waals surface area contributed by atoms with Gasteiger partial charge in [0.25, 0.3) is 5.56 Å². The number of piperidine rings is 1. The standard InChI is InChI=1S/C19H26N4O3/c1-22(2)19-20-15(11-18(25)21-19)14-6-8-23(9-7-14)12-13-4-5-16(24)17(10-13)26-3/h4-5,10-11,14,24H,6-9,12H2,1-3H3,(H,20,21,25). The number of anilines is 1. The van der Waals surface area contributed by atoms with Gasteiger partial charge in [0, 0.05) is 32.6 Å². The number of hydrogen-bond donors (Lipinski definition) is 2. The molecule has 1 aromatic carbocycles. The van der Waals surface area contributed by atoms with Crippen LogP contribution in [0.1, 0.15) is 30.0 Å². The summed E-state index contributed by atoms with van der Waals surface area (Å²) in [6.07, 6.45) is 1.94. The number of hydrogen-bond acceptors (Lipinski definition) is 6. The van der Waals surface area contributed by atoms with E-state index in [1.165, 1.54) is 0 Å². The molecule has 0 saturated carbocycles. The molecule has 1 fully saturated rings. The molecule has 1 aliphatic rings. The smallest absolute Gasteiger partial charge is 0.252 e. The van der Waals surface area contributed by atoms with E-state index in [2.05, 4.69) is 14.9 Å². The largest absolute Gasteiger partial charge is 0.504 e. The highest BCUT2D eigenvalue weighted by atomic mass is 16.5. The number of phenolic OH excluding ortho intramolecular Hbond substituents is 1. The average Bonchev–Trinajstić information content (AvgIpc) is 2.63. The van der Waals surface area contributed by atoms with Crippen LogP contribution in [0.3, 0.4) is 0 Å². The number of methoxy groups -OCH3 is 1. The second-order valence-corrected chi connectivity index (χ2v) is 6.94. The molecule has 0 atom stereocenters. The minimum absolute atomic E-state index is 0.0997. The van der Waals surface area contributed by atoms with Crippen molar-refractivity contribution >= 4 is 5.95 Å². The fourth-order valence-electron chi connectivity index (χ4n) is 3.35. The second kappa shape index (κ2) is 7.78. The predicted octanol–water partition coefficient (Wildman–Crippen LogP) is 1.93. The first-order chi connectivity index (χ1) is 12.5. The van der Waals surface area contributed by atoms with E-state index in [1.54, 1.807) is 19.2 Å². The lowest BCUT2D eigenvalue weighted by Gasteiger charge is -2.32. The number of nitrogens with zero attached hydrogens (tertiary/aromatic N) is 3. The lowest BCUT2D eigenvalue weighted by atomic mass is 9.93. The Hall–Kier alpha value is -2.54. The molecule has 1 aromatic heterocycles. The molecule has 2 aromatic rings. The Morgan fingerprint density at radius 3 is 2.69 bits per heavy atom. The summed E-state index contributed by atoms with van der Waals surface area (Å²) in [6, 6.07) is 7.09. The van der Waals surface area contributed by atoms with Crippen molar-refractivity contribution < 1.29 is 9.84 Å². The maximum absolute atomic E-state index is 11.9. The van der Waals surface area contributed by atoms with Crippen molar-refractivity contribution in [3.63, 3.8) is 0 Å². The Morgan fingerprint density at radius 2 is 2.04 bits per heavy atom. The molecular formula is C19H26N4O3. The first-order valence-corrected chi connectivity index (χ1v) is 8.83. The van der Waals surface area contributed by atoms with Crippen LogP contribution >= 0.6 is 0 Å². The zero-order valence-corrected chi connectivity index (χ0v) is 15.5. The average molecular weight is 358 g/mol. The van der Waals surface area contributed by atoms with E-state index in [-0.39, 0.29) is 11.3 Å². The van der Waals surface area contributed by atoms with E-state index in [0.717, 1.165) is 43.7 Å². The van der Waals surface area contributed by atoms with Crippen molar-refractivity contribution in [2.45, 2.75) is 25.3 Å². The van der Waals surface area contributed by atoms with Crippen molar-refractivity contribution in [1.29, 1.82) is 0 Å². The summed E-state index contributed by atoms with van der Waals surface area (Å²) >= 11 is 0. The van der Waals surface area contributed by atoms with Gasteiger partial charge in [0.15, 0.2) is 11.5 Å². The first-order valence-electron chi connectivity index (χ1n) is 8.83. The molecule has 0 amide bonds. The van der Waals surface area contributed by atoms with Gasteiger partial charge in [0.05, 0.1) is 12.8 Å². The quantitative estimate of drug-likeness (QED) is 0.850. The third-order valence-electron chi connectivity index (χ3n) is 4.83. The van der Waals surface area contributed by atoms with Gasteiger partial charge in [0.2, 0.25) is 5.95 Å². The van der Waals surface area contributed by atoms with Crippen molar-refractivity contribution in [1.82, 2.24) is 14.9 Å². The zero-order valence-electron chi connectivity index (χ0n) is 15.5. The van der Waals surface area contributed by atoms with E-state index in [4.69, 9.17) is 4.74 Å². The number of nitrogens with one attached hydrogen (secondary N) is 1. The molecule has 2 heterocycles. The molecule has 7 nitrogen and oxygen atoms in total. The number of rotatable bonds is 5. The topological polar surface area (TPSA) is 81.7 Å². The molecule has 3 rings (SSSR count). The number of likely N-dealkylation sites (tertiary alicyclic amines) is 1. The minimum Gasteiger partial charge on any atom is -0.504 e. The molecule has 1 saturated heterocycles. The number of benzene rings is 1. The van der Waals surface area contributed by atoms with Crippen LogP contribution in [0.4, 0.5) is 5.95 Å². The second-order valence-electron chi connectivity index (χ2n) is 6.94. The van der Waals surface area contributed by atoms with Crippen LogP contribution in [0.25, 0.3) is 0 Å². The summed E-state index contributed by atoms with van der Waals surface area (Å²) in [4.78, 5) is 23.4. The number of aromatic amines is 1. The molecule has 140 valence electrons. The van der Waals surface area contributed by atoms with Gasteiger partial charge in [-0.3, -0.25) is 14.7 Å². The summed E-state index contributed by atoms with van der Waals surface area (Å²) in [5.74, 6) is 1.57. The molecule has 1 aliphatic heterocycles. The molecule has 0 bridgehead atoms. The molecule has 0 radical (unpaired) electrons. The number of aromatic hydroxyl groups is 1. The first kappa shape index (κ1) is 18.3. The van der Waals surface area contributed by atoms with Gasteiger partial charge in [0.1, 0.15) is 0 Å². The summed E-state index contributed by atoms with van der Waals surface area (Å²) in [5.41, 5.74) is 1.89. The fourth-order valence-corrected chi connectivity index (χ4v) is 3.35. The maximum Gasteiger partial charge on any atom is 0.252 e. The molecule has 0 unspecified atom stereocenters. The molecule has 7 heteroatoms. The lowest BCUT2D eigenvalue weighted by Crippen LogP contribution is -2.33. The molecule has 2 N–H and O–H groups in total. The highest BCUT2D eigenvalue weighted by molar-refractivity contribution is 5.41. The minimum atomic E-state index is -0.0997. The fraction of sp³-hybridized carbons (Fsp3) is 0.474. The highest BCUT2D eigenvalue weighted by Crippen LogP contribution is 2.30. The Balaban J connectivity index is 1.63. The van der Waals surface area contributed by atoms with E-state index in [1.807, 2.05) is 31.1 Å². The van der Waals surface area contributed by atoms with Gasteiger partial charge in [-0.2, -0.15) is 0 Å². The normalized spacial score (nSPS) is 15.8. The molecule has 0 aliphatic carbocycles. The van der Waals surface area contributed by atoms with Crippen LogP contribution in [0.15, 0.2) is 29.1 Å². The number of H-pyrrole nitrogens is 1. The SMILES string of the molecule is COc1cc(CN2CCC(c3cc(=O)[nH]c(N(C)C)n3)CC2)ccc1O. The van der Waals surface area contributed by atoms with Gasteiger partial charge < -0.3 is 14.7 Å². The van der Waals surface area contributed by atoms with Crippen LogP contribution < -0.4 is 15.2 Å². The van der Waals surface area contributed by atoms with Crippen molar-refractivity contribution in [2.75, 3.05) is 39.2 Å². The number of ether oxygens (including phenoxy) is 1. The molecular weight excluding hydrogens is 332 g/mol. The van der Waals surface area contributed by atoms with Gasteiger partial charge >= 0.3 is 0 Å². The van der Waals surface area contributed by atoms with Crippen LogP contribution in [0.5, 0.6) is 11.5 Å². The Bertz CT molecular complexity index is 811. The van der Waals surface area contributed by atoms with Crippen molar-refractivity contribution in [3.05, 3.63) is 45.9 Å². The van der Waals surface area contributed by atoms with Gasteiger partial charge in [-0.1, -0.05) is 6.07 Å². The van der Waals surface area contributed by atoms with Gasteiger partial charge in [-0.25, -0.2) is 4.98 Å². The molecule has 0 spiro atoms. The Morgan fingerprint density at radius 1 is 1.31 bits per heavy atom. The molecule has 26 heavy (non-hydrogen) atoms. The van der Waals surface area contributed by atoms with Gasteiger partial charge in [-0.15, -0.1) is 0 Å². The summed E-state index contributed by atoms with van der Waals surface area (Å²) in [7, 11) is 5.30. The maximum atomic E-state index is 11.9. The van der Waals surface area contributed by atoms with Crippen LogP contribution in [-0.4, -0.2) is 54.3 Å². The lowest BCUT2D eigenvalue weighted by molar-refractivity contribution is 0.203. The van der Waals surface area contributed by atoms with Crippen molar-refractivity contribution in [2.24, 2.45) is 0 Å². The highest BCUT2D eigenvalue weighted by Gasteiger charge is 2.23. The number of phenols is 1. The summed E-state index contributed by atoms with van der Waals surface area (Å²) in [5, 5.41) is 9.71. The Kier molecular flexibility index (Phi) is 5.46.